The SMILES string of the molecule is O=C(NCCc1cscn1)c1cccc([N+](=O)[O-])c1. The number of aromatic nitrogens is 1. The summed E-state index contributed by atoms with van der Waals surface area (Å²) in [5.41, 5.74) is 2.85. The van der Waals surface area contributed by atoms with E-state index in [1.54, 1.807) is 11.6 Å². The summed E-state index contributed by atoms with van der Waals surface area (Å²) in [5, 5.41) is 15.2. The van der Waals surface area contributed by atoms with Crippen LogP contribution in [0.1, 0.15) is 16.1 Å². The molecule has 2 rings (SSSR count). The summed E-state index contributed by atoms with van der Waals surface area (Å²) < 4.78 is 0. The molecule has 1 aromatic carbocycles. The van der Waals surface area contributed by atoms with Crippen molar-refractivity contribution in [1.82, 2.24) is 10.3 Å². The van der Waals surface area contributed by atoms with Crippen LogP contribution >= 0.6 is 11.3 Å². The van der Waals surface area contributed by atoms with Crippen molar-refractivity contribution in [1.29, 1.82) is 0 Å². The van der Waals surface area contributed by atoms with Crippen molar-refractivity contribution in [2.45, 2.75) is 6.42 Å². The molecule has 0 radical (unpaired) electrons. The fourth-order valence-electron chi connectivity index (χ4n) is 1.53. The van der Waals surface area contributed by atoms with Crippen molar-refractivity contribution < 1.29 is 9.72 Å². The van der Waals surface area contributed by atoms with Crippen LogP contribution in [0.4, 0.5) is 5.69 Å². The van der Waals surface area contributed by atoms with Gasteiger partial charge in [-0.25, -0.2) is 4.98 Å². The van der Waals surface area contributed by atoms with Gasteiger partial charge in [0, 0.05) is 36.0 Å². The highest BCUT2D eigenvalue weighted by Crippen LogP contribution is 2.12. The minimum absolute atomic E-state index is 0.0906. The molecule has 0 aliphatic heterocycles. The van der Waals surface area contributed by atoms with Crippen LogP contribution in [-0.4, -0.2) is 22.4 Å². The Balaban J connectivity index is 1.92. The lowest BCUT2D eigenvalue weighted by molar-refractivity contribution is -0.384. The van der Waals surface area contributed by atoms with E-state index in [4.69, 9.17) is 0 Å². The number of hydrogen-bond acceptors (Lipinski definition) is 5. The molecule has 0 saturated heterocycles. The van der Waals surface area contributed by atoms with Gasteiger partial charge in [-0.2, -0.15) is 0 Å². The van der Waals surface area contributed by atoms with E-state index in [1.807, 2.05) is 5.38 Å². The Morgan fingerprint density at radius 1 is 1.47 bits per heavy atom. The van der Waals surface area contributed by atoms with Crippen LogP contribution in [0.5, 0.6) is 0 Å². The van der Waals surface area contributed by atoms with Crippen molar-refractivity contribution in [3.05, 3.63) is 56.5 Å². The summed E-state index contributed by atoms with van der Waals surface area (Å²) >= 11 is 1.50. The predicted octanol–water partition coefficient (Wildman–Crippen LogP) is 2.02. The number of carbonyl (C=O) groups is 1. The second kappa shape index (κ2) is 6.05. The Morgan fingerprint density at radius 3 is 3.00 bits per heavy atom. The van der Waals surface area contributed by atoms with Gasteiger partial charge in [0.25, 0.3) is 11.6 Å². The first kappa shape index (κ1) is 13.2. The van der Waals surface area contributed by atoms with Gasteiger partial charge in [0.15, 0.2) is 0 Å². The summed E-state index contributed by atoms with van der Waals surface area (Å²) in [4.78, 5) is 26.0. The smallest absolute Gasteiger partial charge is 0.270 e. The molecule has 0 aliphatic carbocycles. The third kappa shape index (κ3) is 3.59. The van der Waals surface area contributed by atoms with Crippen molar-refractivity contribution >= 4 is 22.9 Å². The number of thiazole rings is 1. The van der Waals surface area contributed by atoms with Gasteiger partial charge in [0.2, 0.25) is 0 Å². The molecule has 6 nitrogen and oxygen atoms in total. The lowest BCUT2D eigenvalue weighted by atomic mass is 10.2. The van der Waals surface area contributed by atoms with Gasteiger partial charge in [-0.1, -0.05) is 6.07 Å². The normalized spacial score (nSPS) is 10.1. The van der Waals surface area contributed by atoms with E-state index in [2.05, 4.69) is 10.3 Å². The molecule has 0 spiro atoms. The molecule has 1 aromatic heterocycles. The van der Waals surface area contributed by atoms with Crippen LogP contribution in [0.2, 0.25) is 0 Å². The number of nitrogens with one attached hydrogen (secondary N) is 1. The van der Waals surface area contributed by atoms with Gasteiger partial charge in [0.05, 0.1) is 16.1 Å². The van der Waals surface area contributed by atoms with Crippen LogP contribution in [0.3, 0.4) is 0 Å². The largest absolute Gasteiger partial charge is 0.352 e. The molecule has 0 unspecified atom stereocenters. The molecular formula is C12H11N3O3S. The third-order valence-corrected chi connectivity index (χ3v) is 3.10. The van der Waals surface area contributed by atoms with E-state index in [-0.39, 0.29) is 17.2 Å². The first-order chi connectivity index (χ1) is 9.16. The summed E-state index contributed by atoms with van der Waals surface area (Å²) in [6, 6.07) is 5.66. The van der Waals surface area contributed by atoms with Gasteiger partial charge >= 0.3 is 0 Å². The average molecular weight is 277 g/mol. The van der Waals surface area contributed by atoms with Gasteiger partial charge in [0.1, 0.15) is 0 Å². The molecule has 19 heavy (non-hydrogen) atoms. The van der Waals surface area contributed by atoms with Crippen molar-refractivity contribution in [2.75, 3.05) is 6.54 Å². The summed E-state index contributed by atoms with van der Waals surface area (Å²) in [7, 11) is 0. The van der Waals surface area contributed by atoms with Crippen LogP contribution in [0.25, 0.3) is 0 Å². The topological polar surface area (TPSA) is 85.1 Å². The first-order valence-electron chi connectivity index (χ1n) is 5.56. The highest BCUT2D eigenvalue weighted by molar-refractivity contribution is 7.07. The molecular weight excluding hydrogens is 266 g/mol. The van der Waals surface area contributed by atoms with E-state index in [1.165, 1.54) is 29.5 Å². The molecule has 0 atom stereocenters. The van der Waals surface area contributed by atoms with Crippen LogP contribution in [-0.2, 0) is 6.42 Å². The number of rotatable bonds is 5. The zero-order chi connectivity index (χ0) is 13.7. The summed E-state index contributed by atoms with van der Waals surface area (Å²) in [6.07, 6.45) is 0.643. The Morgan fingerprint density at radius 2 is 2.32 bits per heavy atom. The highest BCUT2D eigenvalue weighted by atomic mass is 32.1. The second-order valence-electron chi connectivity index (χ2n) is 3.79. The molecule has 0 saturated carbocycles. The monoisotopic (exact) mass is 277 g/mol. The fourth-order valence-corrected chi connectivity index (χ4v) is 2.12. The molecule has 1 N–H and O–H groups in total. The zero-order valence-electron chi connectivity index (χ0n) is 9.91. The predicted molar refractivity (Wildman–Crippen MR) is 71.2 cm³/mol. The van der Waals surface area contributed by atoms with Crippen molar-refractivity contribution in [2.24, 2.45) is 0 Å². The van der Waals surface area contributed by atoms with E-state index in [0.29, 0.717) is 13.0 Å². The van der Waals surface area contributed by atoms with Gasteiger partial charge in [-0.15, -0.1) is 11.3 Å². The number of nitro groups is 1. The maximum atomic E-state index is 11.8. The van der Waals surface area contributed by atoms with E-state index < -0.39 is 4.92 Å². The number of nitro benzene ring substituents is 1. The summed E-state index contributed by atoms with van der Waals surface area (Å²) in [5.74, 6) is -0.320. The van der Waals surface area contributed by atoms with Crippen LogP contribution < -0.4 is 5.32 Å². The maximum absolute atomic E-state index is 11.8. The number of nitrogens with zero attached hydrogens (tertiary/aromatic N) is 2. The molecule has 0 fully saturated rings. The Bertz CT molecular complexity index is 584. The zero-order valence-corrected chi connectivity index (χ0v) is 10.7. The quantitative estimate of drug-likeness (QED) is 0.669. The third-order valence-electron chi connectivity index (χ3n) is 2.47. The van der Waals surface area contributed by atoms with Crippen LogP contribution in [0.15, 0.2) is 35.2 Å². The minimum Gasteiger partial charge on any atom is -0.352 e. The Hall–Kier alpha value is -2.28. The molecule has 1 amide bonds. The lowest BCUT2D eigenvalue weighted by Crippen LogP contribution is -2.25. The standard InChI is InChI=1S/C12H11N3O3S/c16-12(13-5-4-10-7-19-8-14-10)9-2-1-3-11(6-9)15(17)18/h1-3,6-8H,4-5H2,(H,13,16). The molecule has 7 heteroatoms. The molecule has 98 valence electrons. The number of non-ortho nitro benzene ring substituents is 1. The fraction of sp³-hybridized carbons (Fsp3) is 0.167. The number of hydrogen-bond donors (Lipinski definition) is 1. The Labute approximate surface area is 113 Å². The van der Waals surface area contributed by atoms with E-state index in [0.717, 1.165) is 5.69 Å². The van der Waals surface area contributed by atoms with Gasteiger partial charge < -0.3 is 5.32 Å². The molecule has 0 aliphatic rings. The molecule has 1 heterocycles. The molecule has 0 bridgehead atoms. The van der Waals surface area contributed by atoms with Crippen LogP contribution in [0, 0.1) is 10.1 Å². The average Bonchev–Trinajstić information content (AvgIpc) is 2.92. The van der Waals surface area contributed by atoms with Gasteiger partial charge in [-0.05, 0) is 6.07 Å². The maximum Gasteiger partial charge on any atom is 0.270 e. The highest BCUT2D eigenvalue weighted by Gasteiger charge is 2.10. The summed E-state index contributed by atoms with van der Waals surface area (Å²) in [6.45, 7) is 0.450. The second-order valence-corrected chi connectivity index (χ2v) is 4.51. The number of carbonyl (C=O) groups excluding carboxylic acids is 1. The number of benzene rings is 1. The minimum atomic E-state index is -0.522. The number of amides is 1. The lowest BCUT2D eigenvalue weighted by Gasteiger charge is -2.03. The van der Waals surface area contributed by atoms with Crippen molar-refractivity contribution in [3.8, 4) is 0 Å². The van der Waals surface area contributed by atoms with Crippen molar-refractivity contribution in [3.63, 3.8) is 0 Å². The first-order valence-corrected chi connectivity index (χ1v) is 6.51. The molecule has 2 aromatic rings. The van der Waals surface area contributed by atoms with Gasteiger partial charge in [-0.3, -0.25) is 14.9 Å². The van der Waals surface area contributed by atoms with E-state index in [9.17, 15) is 14.9 Å². The Kier molecular flexibility index (Phi) is 4.19. The van der Waals surface area contributed by atoms with E-state index >= 15 is 0 Å².